The lowest BCUT2D eigenvalue weighted by atomic mass is 10.2. The number of carbonyl (C=O) groups excluding carboxylic acids is 1. The molecule has 1 N–H and O–H groups in total. The number of rotatable bonds is 1. The van der Waals surface area contributed by atoms with E-state index in [4.69, 9.17) is 4.74 Å². The molecule has 3 nitrogen and oxygen atoms in total. The Hall–Kier alpha value is -1.77. The summed E-state index contributed by atoms with van der Waals surface area (Å²) in [6.45, 7) is 0. The van der Waals surface area contributed by atoms with Crippen LogP contribution in [-0.2, 0) is 9.53 Å². The van der Waals surface area contributed by atoms with Crippen molar-refractivity contribution >= 4 is 5.91 Å². The first-order valence-corrected chi connectivity index (χ1v) is 4.04. The maximum Gasteiger partial charge on any atom is 0.250 e. The molecule has 66 valence electrons. The molecule has 1 amide bonds. The van der Waals surface area contributed by atoms with E-state index in [1.54, 1.807) is 0 Å². The van der Waals surface area contributed by atoms with Crippen molar-refractivity contribution in [3.05, 3.63) is 48.2 Å². The van der Waals surface area contributed by atoms with Crippen molar-refractivity contribution in [1.82, 2.24) is 5.32 Å². The van der Waals surface area contributed by atoms with Crippen LogP contribution in [0.5, 0.6) is 0 Å². The zero-order valence-corrected chi connectivity index (χ0v) is 6.94. The largest absolute Gasteiger partial charge is 0.474 e. The van der Waals surface area contributed by atoms with E-state index >= 15 is 0 Å². The summed E-state index contributed by atoms with van der Waals surface area (Å²) in [7, 11) is 0. The molecule has 1 unspecified atom stereocenters. The van der Waals surface area contributed by atoms with Gasteiger partial charge in [-0.25, -0.2) is 0 Å². The van der Waals surface area contributed by atoms with Crippen LogP contribution in [0.1, 0.15) is 11.8 Å². The Morgan fingerprint density at radius 2 is 2.00 bits per heavy atom. The van der Waals surface area contributed by atoms with E-state index in [0.717, 1.165) is 5.56 Å². The van der Waals surface area contributed by atoms with Gasteiger partial charge in [-0.15, -0.1) is 0 Å². The van der Waals surface area contributed by atoms with Gasteiger partial charge in [0.25, 0.3) is 0 Å². The second kappa shape index (κ2) is 3.31. The summed E-state index contributed by atoms with van der Waals surface area (Å²) in [4.78, 5) is 11.0. The topological polar surface area (TPSA) is 38.3 Å². The van der Waals surface area contributed by atoms with Crippen LogP contribution < -0.4 is 5.32 Å². The van der Waals surface area contributed by atoms with Crippen molar-refractivity contribution < 1.29 is 9.53 Å². The van der Waals surface area contributed by atoms with Gasteiger partial charge in [0.15, 0.2) is 6.23 Å². The van der Waals surface area contributed by atoms with E-state index in [-0.39, 0.29) is 12.1 Å². The molecule has 1 atom stereocenters. The summed E-state index contributed by atoms with van der Waals surface area (Å²) in [5.74, 6) is -0.125. The molecule has 0 bridgehead atoms. The molecule has 0 saturated carbocycles. The van der Waals surface area contributed by atoms with E-state index in [9.17, 15) is 4.79 Å². The average molecular weight is 175 g/mol. The van der Waals surface area contributed by atoms with Crippen LogP contribution in [0.25, 0.3) is 0 Å². The van der Waals surface area contributed by atoms with Crippen LogP contribution in [0, 0.1) is 0 Å². The first-order chi connectivity index (χ1) is 6.36. The summed E-state index contributed by atoms with van der Waals surface area (Å²) < 4.78 is 5.22. The van der Waals surface area contributed by atoms with Gasteiger partial charge >= 0.3 is 0 Å². The predicted octanol–water partition coefficient (Wildman–Crippen LogP) is 1.35. The Balaban J connectivity index is 2.19. The van der Waals surface area contributed by atoms with Gasteiger partial charge < -0.3 is 10.1 Å². The second-order valence-corrected chi connectivity index (χ2v) is 2.74. The third kappa shape index (κ3) is 1.69. The molecular weight excluding hydrogens is 166 g/mol. The zero-order valence-electron chi connectivity index (χ0n) is 6.94. The molecule has 0 saturated heterocycles. The molecule has 0 fully saturated rings. The normalized spacial score (nSPS) is 20.6. The smallest absolute Gasteiger partial charge is 0.250 e. The van der Waals surface area contributed by atoms with Gasteiger partial charge in [0.05, 0.1) is 6.26 Å². The Morgan fingerprint density at radius 3 is 2.69 bits per heavy atom. The first kappa shape index (κ1) is 7.86. The van der Waals surface area contributed by atoms with Crippen LogP contribution in [0.2, 0.25) is 0 Å². The average Bonchev–Trinajstić information content (AvgIpc) is 2.19. The van der Waals surface area contributed by atoms with Crippen LogP contribution >= 0.6 is 0 Å². The van der Waals surface area contributed by atoms with Crippen molar-refractivity contribution in [3.8, 4) is 0 Å². The van der Waals surface area contributed by atoms with Crippen molar-refractivity contribution in [2.24, 2.45) is 0 Å². The molecule has 0 aromatic heterocycles. The summed E-state index contributed by atoms with van der Waals surface area (Å²) in [6, 6.07) is 9.55. The van der Waals surface area contributed by atoms with E-state index in [0.29, 0.717) is 0 Å². The minimum Gasteiger partial charge on any atom is -0.474 e. The molecule has 2 rings (SSSR count). The monoisotopic (exact) mass is 175 g/mol. The third-order valence-corrected chi connectivity index (χ3v) is 1.81. The standard InChI is InChI=1S/C10H9NO2/c12-9-6-7-13-10(11-9)8-4-2-1-3-5-8/h1-7,10H,(H,11,12). The lowest BCUT2D eigenvalue weighted by molar-refractivity contribution is -0.121. The van der Waals surface area contributed by atoms with E-state index in [2.05, 4.69) is 5.32 Å². The molecule has 0 spiro atoms. The Kier molecular flexibility index (Phi) is 2.00. The van der Waals surface area contributed by atoms with Gasteiger partial charge in [0.1, 0.15) is 0 Å². The minimum atomic E-state index is -0.348. The molecule has 1 aliphatic rings. The van der Waals surface area contributed by atoms with E-state index in [1.807, 2.05) is 30.3 Å². The summed E-state index contributed by atoms with van der Waals surface area (Å²) >= 11 is 0. The predicted molar refractivity (Wildman–Crippen MR) is 47.6 cm³/mol. The molecule has 1 heterocycles. The highest BCUT2D eigenvalue weighted by atomic mass is 16.5. The highest BCUT2D eigenvalue weighted by Gasteiger charge is 2.15. The number of hydrogen-bond donors (Lipinski definition) is 1. The molecule has 13 heavy (non-hydrogen) atoms. The first-order valence-electron chi connectivity index (χ1n) is 4.04. The molecule has 0 radical (unpaired) electrons. The quantitative estimate of drug-likeness (QED) is 0.699. The summed E-state index contributed by atoms with van der Waals surface area (Å²) in [5, 5.41) is 2.68. The molecule has 0 aliphatic carbocycles. The van der Waals surface area contributed by atoms with Gasteiger partial charge in [-0.2, -0.15) is 0 Å². The Bertz CT molecular complexity index is 332. The van der Waals surface area contributed by atoms with Gasteiger partial charge in [-0.1, -0.05) is 30.3 Å². The SMILES string of the molecule is O=C1C=COC(c2ccccc2)N1. The Labute approximate surface area is 76.0 Å². The van der Waals surface area contributed by atoms with Gasteiger partial charge in [0.2, 0.25) is 5.91 Å². The number of benzene rings is 1. The van der Waals surface area contributed by atoms with Gasteiger partial charge in [-0.05, 0) is 0 Å². The maximum atomic E-state index is 11.0. The van der Waals surface area contributed by atoms with Crippen molar-refractivity contribution in [3.63, 3.8) is 0 Å². The highest BCUT2D eigenvalue weighted by molar-refractivity contribution is 5.88. The van der Waals surface area contributed by atoms with Crippen molar-refractivity contribution in [1.29, 1.82) is 0 Å². The number of ether oxygens (including phenoxy) is 1. The van der Waals surface area contributed by atoms with Crippen molar-refractivity contribution in [2.45, 2.75) is 6.23 Å². The van der Waals surface area contributed by atoms with Crippen molar-refractivity contribution in [2.75, 3.05) is 0 Å². The van der Waals surface area contributed by atoms with Gasteiger partial charge in [-0.3, -0.25) is 4.79 Å². The fraction of sp³-hybridized carbons (Fsp3) is 0.100. The zero-order chi connectivity index (χ0) is 9.10. The van der Waals surface area contributed by atoms with Crippen LogP contribution in [0.3, 0.4) is 0 Å². The minimum absolute atomic E-state index is 0.125. The molecule has 3 heteroatoms. The van der Waals surface area contributed by atoms with Crippen LogP contribution in [0.15, 0.2) is 42.7 Å². The molecule has 1 aromatic rings. The fourth-order valence-corrected chi connectivity index (χ4v) is 1.18. The second-order valence-electron chi connectivity index (χ2n) is 2.74. The summed E-state index contributed by atoms with van der Waals surface area (Å²) in [5.41, 5.74) is 0.945. The fourth-order valence-electron chi connectivity index (χ4n) is 1.18. The number of hydrogen-bond acceptors (Lipinski definition) is 2. The molecule has 1 aromatic carbocycles. The number of nitrogens with one attached hydrogen (secondary N) is 1. The van der Waals surface area contributed by atoms with Gasteiger partial charge in [0, 0.05) is 11.6 Å². The summed E-state index contributed by atoms with van der Waals surface area (Å²) in [6.07, 6.45) is 2.43. The van der Waals surface area contributed by atoms with Crippen LogP contribution in [0.4, 0.5) is 0 Å². The molecular formula is C10H9NO2. The third-order valence-electron chi connectivity index (χ3n) is 1.81. The number of amides is 1. The lowest BCUT2D eigenvalue weighted by Crippen LogP contribution is -2.30. The lowest BCUT2D eigenvalue weighted by Gasteiger charge is -2.20. The van der Waals surface area contributed by atoms with E-state index in [1.165, 1.54) is 12.3 Å². The number of carbonyl (C=O) groups is 1. The maximum absolute atomic E-state index is 11.0. The highest BCUT2D eigenvalue weighted by Crippen LogP contribution is 2.16. The van der Waals surface area contributed by atoms with E-state index < -0.39 is 0 Å². The Morgan fingerprint density at radius 1 is 1.23 bits per heavy atom. The molecule has 1 aliphatic heterocycles. The van der Waals surface area contributed by atoms with Crippen LogP contribution in [-0.4, -0.2) is 5.91 Å².